The average molecular weight is 254 g/mol. The lowest BCUT2D eigenvalue weighted by atomic mass is 10.1. The minimum absolute atomic E-state index is 0.143. The average Bonchev–Trinajstić information content (AvgIpc) is 2.76. The van der Waals surface area contributed by atoms with E-state index in [1.54, 1.807) is 5.38 Å². The molecule has 0 aliphatic carbocycles. The Hall–Kier alpha value is -1.75. The van der Waals surface area contributed by atoms with E-state index < -0.39 is 17.4 Å². The molecule has 1 aromatic heterocycles. The Morgan fingerprint density at radius 1 is 1.29 bits per heavy atom. The second-order valence-corrected chi connectivity index (χ2v) is 4.22. The molecule has 1 aromatic carbocycles. The number of halogens is 2. The van der Waals surface area contributed by atoms with Crippen molar-refractivity contribution < 1.29 is 18.3 Å². The van der Waals surface area contributed by atoms with E-state index in [-0.39, 0.29) is 5.56 Å². The van der Waals surface area contributed by atoms with Gasteiger partial charge in [-0.05, 0) is 12.1 Å². The van der Waals surface area contributed by atoms with Crippen LogP contribution in [0.3, 0.4) is 0 Å². The van der Waals surface area contributed by atoms with E-state index in [2.05, 4.69) is 0 Å². The van der Waals surface area contributed by atoms with Crippen LogP contribution in [0.5, 0.6) is 5.75 Å². The highest BCUT2D eigenvalue weighted by molar-refractivity contribution is 7.12. The number of methoxy groups -OCH3 is 1. The normalized spacial score (nSPS) is 10.3. The summed E-state index contributed by atoms with van der Waals surface area (Å²) in [6, 6.07) is 4.41. The SMILES string of the molecule is COc1csc(C(=O)c2ccc(F)cc2F)c1. The van der Waals surface area contributed by atoms with Gasteiger partial charge in [0.2, 0.25) is 5.78 Å². The fraction of sp³-hybridized carbons (Fsp3) is 0.0833. The molecule has 1 heterocycles. The maximum atomic E-state index is 13.4. The first-order valence-electron chi connectivity index (χ1n) is 4.74. The molecule has 0 saturated carbocycles. The molecule has 88 valence electrons. The van der Waals surface area contributed by atoms with Crippen LogP contribution in [0, 0.1) is 11.6 Å². The fourth-order valence-electron chi connectivity index (χ4n) is 1.35. The van der Waals surface area contributed by atoms with Gasteiger partial charge in [-0.3, -0.25) is 4.79 Å². The third kappa shape index (κ3) is 2.34. The second kappa shape index (κ2) is 4.63. The van der Waals surface area contributed by atoms with Crippen LogP contribution in [0.1, 0.15) is 15.2 Å². The van der Waals surface area contributed by atoms with Crippen molar-refractivity contribution in [1.29, 1.82) is 0 Å². The van der Waals surface area contributed by atoms with Crippen molar-refractivity contribution in [3.8, 4) is 5.75 Å². The number of carbonyl (C=O) groups is 1. The van der Waals surface area contributed by atoms with Crippen LogP contribution < -0.4 is 4.74 Å². The monoisotopic (exact) mass is 254 g/mol. The first-order valence-corrected chi connectivity index (χ1v) is 5.62. The summed E-state index contributed by atoms with van der Waals surface area (Å²) < 4.78 is 31.0. The predicted octanol–water partition coefficient (Wildman–Crippen LogP) is 3.27. The molecule has 2 rings (SSSR count). The molecule has 17 heavy (non-hydrogen) atoms. The quantitative estimate of drug-likeness (QED) is 0.786. The van der Waals surface area contributed by atoms with Gasteiger partial charge in [0.05, 0.1) is 17.6 Å². The molecule has 0 aliphatic rings. The number of rotatable bonds is 3. The van der Waals surface area contributed by atoms with E-state index in [9.17, 15) is 13.6 Å². The van der Waals surface area contributed by atoms with E-state index >= 15 is 0 Å². The highest BCUT2D eigenvalue weighted by Gasteiger charge is 2.16. The van der Waals surface area contributed by atoms with Crippen LogP contribution in [0.25, 0.3) is 0 Å². The van der Waals surface area contributed by atoms with Crippen LogP contribution in [0.4, 0.5) is 8.78 Å². The number of hydrogen-bond donors (Lipinski definition) is 0. The number of thiophene rings is 1. The molecular formula is C12H8F2O2S. The van der Waals surface area contributed by atoms with Gasteiger partial charge >= 0.3 is 0 Å². The minimum Gasteiger partial charge on any atom is -0.496 e. The van der Waals surface area contributed by atoms with Crippen molar-refractivity contribution in [2.75, 3.05) is 7.11 Å². The van der Waals surface area contributed by atoms with Crippen molar-refractivity contribution >= 4 is 17.1 Å². The molecule has 0 saturated heterocycles. The maximum Gasteiger partial charge on any atom is 0.206 e. The van der Waals surface area contributed by atoms with Crippen LogP contribution in [0.15, 0.2) is 29.6 Å². The number of ketones is 1. The number of carbonyl (C=O) groups excluding carboxylic acids is 1. The third-order valence-corrected chi connectivity index (χ3v) is 3.12. The fourth-order valence-corrected chi connectivity index (χ4v) is 2.16. The van der Waals surface area contributed by atoms with Gasteiger partial charge in [-0.15, -0.1) is 11.3 Å². The van der Waals surface area contributed by atoms with Crippen LogP contribution >= 0.6 is 11.3 Å². The Morgan fingerprint density at radius 2 is 2.06 bits per heavy atom. The molecule has 0 unspecified atom stereocenters. The number of hydrogen-bond acceptors (Lipinski definition) is 3. The highest BCUT2D eigenvalue weighted by atomic mass is 32.1. The van der Waals surface area contributed by atoms with Crippen molar-refractivity contribution in [1.82, 2.24) is 0 Å². The summed E-state index contributed by atoms with van der Waals surface area (Å²) in [5, 5.41) is 1.65. The van der Waals surface area contributed by atoms with E-state index in [0.29, 0.717) is 16.7 Å². The van der Waals surface area contributed by atoms with Crippen LogP contribution in [-0.2, 0) is 0 Å². The zero-order valence-electron chi connectivity index (χ0n) is 8.87. The Bertz CT molecular complexity index is 563. The number of ether oxygens (including phenoxy) is 1. The smallest absolute Gasteiger partial charge is 0.206 e. The summed E-state index contributed by atoms with van der Waals surface area (Å²) in [6.45, 7) is 0. The molecule has 0 fully saturated rings. The maximum absolute atomic E-state index is 13.4. The Balaban J connectivity index is 2.36. The summed E-state index contributed by atoms with van der Waals surface area (Å²) in [6.07, 6.45) is 0. The van der Waals surface area contributed by atoms with Gasteiger partial charge in [0.1, 0.15) is 17.4 Å². The Morgan fingerprint density at radius 3 is 2.65 bits per heavy atom. The largest absolute Gasteiger partial charge is 0.496 e. The first-order chi connectivity index (χ1) is 8.11. The van der Waals surface area contributed by atoms with Crippen molar-refractivity contribution in [2.24, 2.45) is 0 Å². The summed E-state index contributed by atoms with van der Waals surface area (Å²) >= 11 is 1.16. The molecule has 0 bridgehead atoms. The van der Waals surface area contributed by atoms with Crippen molar-refractivity contribution in [2.45, 2.75) is 0 Å². The Kier molecular flexibility index (Phi) is 3.19. The highest BCUT2D eigenvalue weighted by Crippen LogP contribution is 2.24. The molecule has 2 aromatic rings. The van der Waals surface area contributed by atoms with E-state index in [1.807, 2.05) is 0 Å². The molecule has 0 aliphatic heterocycles. The summed E-state index contributed by atoms with van der Waals surface area (Å²) in [4.78, 5) is 12.3. The topological polar surface area (TPSA) is 26.3 Å². The lowest BCUT2D eigenvalue weighted by Crippen LogP contribution is -2.02. The standard InChI is InChI=1S/C12H8F2O2S/c1-16-8-5-11(17-6-8)12(15)9-3-2-7(13)4-10(9)14/h2-6H,1H3. The summed E-state index contributed by atoms with van der Waals surface area (Å²) in [5.41, 5.74) is -0.143. The summed E-state index contributed by atoms with van der Waals surface area (Å²) in [5.74, 6) is -1.50. The predicted molar refractivity (Wildman–Crippen MR) is 60.7 cm³/mol. The van der Waals surface area contributed by atoms with Crippen LogP contribution in [-0.4, -0.2) is 12.9 Å². The second-order valence-electron chi connectivity index (χ2n) is 3.30. The van der Waals surface area contributed by atoms with Gasteiger partial charge < -0.3 is 4.74 Å². The zero-order valence-corrected chi connectivity index (χ0v) is 9.68. The molecule has 2 nitrogen and oxygen atoms in total. The Labute approximate surface area is 100 Å². The molecule has 0 spiro atoms. The lowest BCUT2D eigenvalue weighted by Gasteiger charge is -2.00. The van der Waals surface area contributed by atoms with E-state index in [4.69, 9.17) is 4.74 Å². The van der Waals surface area contributed by atoms with Crippen molar-refractivity contribution in [3.63, 3.8) is 0 Å². The van der Waals surface area contributed by atoms with E-state index in [0.717, 1.165) is 23.5 Å². The van der Waals surface area contributed by atoms with Gasteiger partial charge in [-0.1, -0.05) is 0 Å². The number of benzene rings is 1. The van der Waals surface area contributed by atoms with Gasteiger partial charge in [-0.25, -0.2) is 8.78 Å². The molecule has 0 N–H and O–H groups in total. The summed E-state index contributed by atoms with van der Waals surface area (Å²) in [7, 11) is 1.48. The molecule has 5 heteroatoms. The van der Waals surface area contributed by atoms with Gasteiger partial charge in [0.25, 0.3) is 0 Å². The molecular weight excluding hydrogens is 246 g/mol. The molecule has 0 radical (unpaired) electrons. The molecule has 0 amide bonds. The third-order valence-electron chi connectivity index (χ3n) is 2.21. The molecule has 0 atom stereocenters. The van der Waals surface area contributed by atoms with Crippen LogP contribution in [0.2, 0.25) is 0 Å². The minimum atomic E-state index is -0.859. The van der Waals surface area contributed by atoms with E-state index in [1.165, 1.54) is 13.2 Å². The lowest BCUT2D eigenvalue weighted by molar-refractivity contribution is 0.103. The van der Waals surface area contributed by atoms with Crippen molar-refractivity contribution in [3.05, 3.63) is 51.7 Å². The first kappa shape index (κ1) is 11.7. The zero-order chi connectivity index (χ0) is 12.4. The van der Waals surface area contributed by atoms with Gasteiger partial charge in [0.15, 0.2) is 0 Å². The van der Waals surface area contributed by atoms with Gasteiger partial charge in [-0.2, -0.15) is 0 Å². The van der Waals surface area contributed by atoms with Gasteiger partial charge in [0, 0.05) is 17.5 Å².